The molecule has 0 bridgehead atoms. The fraction of sp³-hybridized carbons (Fsp3) is 0.250. The number of benzene rings is 2. The van der Waals surface area contributed by atoms with E-state index in [1.165, 1.54) is 6.07 Å². The monoisotopic (exact) mass is 353 g/mol. The Balaban J connectivity index is 2.38. The van der Waals surface area contributed by atoms with E-state index >= 15 is 0 Å². The third kappa shape index (κ3) is 3.74. The van der Waals surface area contributed by atoms with Crippen molar-refractivity contribution in [2.75, 3.05) is 7.11 Å². The first-order valence-corrected chi connectivity index (χ1v) is 7.32. The van der Waals surface area contributed by atoms with Gasteiger partial charge in [0, 0.05) is 16.1 Å². The van der Waals surface area contributed by atoms with Crippen LogP contribution in [0, 0.1) is 5.82 Å². The first-order chi connectivity index (χ1) is 10.0. The van der Waals surface area contributed by atoms with Crippen LogP contribution in [-0.2, 0) is 0 Å². The maximum absolute atomic E-state index is 13.9. The van der Waals surface area contributed by atoms with E-state index in [0.717, 1.165) is 10.0 Å². The molecule has 0 fully saturated rings. The van der Waals surface area contributed by atoms with E-state index in [1.807, 2.05) is 31.2 Å². The Morgan fingerprint density at radius 1 is 1.14 bits per heavy atom. The van der Waals surface area contributed by atoms with Crippen LogP contribution in [0.1, 0.15) is 18.6 Å². The van der Waals surface area contributed by atoms with Gasteiger partial charge >= 0.3 is 0 Å². The first-order valence-electron chi connectivity index (χ1n) is 6.53. The highest BCUT2D eigenvalue weighted by Gasteiger charge is 2.23. The summed E-state index contributed by atoms with van der Waals surface area (Å²) < 4.78 is 25.7. The van der Waals surface area contributed by atoms with Crippen molar-refractivity contribution in [3.05, 3.63) is 58.3 Å². The number of nitrogens with two attached hydrogens (primary N) is 1. The summed E-state index contributed by atoms with van der Waals surface area (Å²) in [6.07, 6.45) is -0.509. The summed E-state index contributed by atoms with van der Waals surface area (Å²) in [5.41, 5.74) is 6.80. The average Bonchev–Trinajstić information content (AvgIpc) is 2.47. The minimum absolute atomic E-state index is 0.151. The van der Waals surface area contributed by atoms with E-state index in [1.54, 1.807) is 19.2 Å². The molecule has 0 heterocycles. The van der Waals surface area contributed by atoms with Crippen molar-refractivity contribution in [3.8, 4) is 11.5 Å². The zero-order valence-electron chi connectivity index (χ0n) is 11.8. The number of rotatable bonds is 5. The largest absolute Gasteiger partial charge is 0.496 e. The third-order valence-electron chi connectivity index (χ3n) is 3.07. The van der Waals surface area contributed by atoms with Gasteiger partial charge in [-0.2, -0.15) is 0 Å². The van der Waals surface area contributed by atoms with Crippen molar-refractivity contribution in [2.45, 2.75) is 19.1 Å². The number of hydrogen-bond donors (Lipinski definition) is 1. The van der Waals surface area contributed by atoms with E-state index in [2.05, 4.69) is 15.9 Å². The van der Waals surface area contributed by atoms with Crippen molar-refractivity contribution in [2.24, 2.45) is 5.73 Å². The molecule has 0 spiro atoms. The number of hydrogen-bond acceptors (Lipinski definition) is 3. The second-order valence-electron chi connectivity index (χ2n) is 4.71. The van der Waals surface area contributed by atoms with Crippen molar-refractivity contribution >= 4 is 15.9 Å². The smallest absolute Gasteiger partial charge is 0.165 e. The standard InChI is InChI=1S/C16H17BrFNO2/c1-10(19)16(12-5-3-4-6-14(12)20-2)21-15-9-11(17)7-8-13(15)18/h3-10,16H,19H2,1-2H3. The van der Waals surface area contributed by atoms with Crippen LogP contribution in [0.3, 0.4) is 0 Å². The van der Waals surface area contributed by atoms with Gasteiger partial charge in [-0.15, -0.1) is 0 Å². The lowest BCUT2D eigenvalue weighted by atomic mass is 10.0. The maximum atomic E-state index is 13.9. The molecule has 2 aromatic carbocycles. The van der Waals surface area contributed by atoms with Gasteiger partial charge in [-0.3, -0.25) is 0 Å². The fourth-order valence-electron chi connectivity index (χ4n) is 2.06. The molecule has 5 heteroatoms. The topological polar surface area (TPSA) is 44.5 Å². The summed E-state index contributed by atoms with van der Waals surface area (Å²) in [6.45, 7) is 1.81. The lowest BCUT2D eigenvalue weighted by molar-refractivity contribution is 0.168. The van der Waals surface area contributed by atoms with Crippen LogP contribution in [0.5, 0.6) is 11.5 Å². The Bertz CT molecular complexity index is 619. The lowest BCUT2D eigenvalue weighted by Gasteiger charge is -2.24. The van der Waals surface area contributed by atoms with Crippen LogP contribution >= 0.6 is 15.9 Å². The normalized spacial score (nSPS) is 13.6. The zero-order valence-corrected chi connectivity index (χ0v) is 13.4. The minimum atomic E-state index is -0.509. The van der Waals surface area contributed by atoms with Crippen molar-refractivity contribution in [1.29, 1.82) is 0 Å². The van der Waals surface area contributed by atoms with Gasteiger partial charge in [0.2, 0.25) is 0 Å². The van der Waals surface area contributed by atoms with Crippen molar-refractivity contribution in [1.82, 2.24) is 0 Å². The molecule has 2 N–H and O–H groups in total. The highest BCUT2D eigenvalue weighted by molar-refractivity contribution is 9.10. The summed E-state index contributed by atoms with van der Waals surface area (Å²) in [4.78, 5) is 0. The van der Waals surface area contributed by atoms with E-state index in [4.69, 9.17) is 15.2 Å². The number of ether oxygens (including phenoxy) is 2. The molecule has 2 aromatic rings. The van der Waals surface area contributed by atoms with E-state index < -0.39 is 11.9 Å². The third-order valence-corrected chi connectivity index (χ3v) is 3.56. The molecule has 0 aromatic heterocycles. The molecular formula is C16H17BrFNO2. The molecule has 0 aliphatic carbocycles. The molecule has 21 heavy (non-hydrogen) atoms. The summed E-state index contributed by atoms with van der Waals surface area (Å²) in [5, 5.41) is 0. The van der Waals surface area contributed by atoms with Gasteiger partial charge in [0.25, 0.3) is 0 Å². The Labute approximate surface area is 132 Å². The second kappa shape index (κ2) is 6.91. The summed E-state index contributed by atoms with van der Waals surface area (Å²) in [6, 6.07) is 11.6. The highest BCUT2D eigenvalue weighted by Crippen LogP contribution is 2.33. The van der Waals surface area contributed by atoms with E-state index in [0.29, 0.717) is 5.75 Å². The summed E-state index contributed by atoms with van der Waals surface area (Å²) in [7, 11) is 1.58. The lowest BCUT2D eigenvalue weighted by Crippen LogP contribution is -2.29. The Kier molecular flexibility index (Phi) is 5.20. The number of para-hydroxylation sites is 1. The molecule has 3 nitrogen and oxygen atoms in total. The number of halogens is 2. The molecule has 0 aliphatic heterocycles. The molecule has 2 atom stereocenters. The Hall–Kier alpha value is -1.59. The summed E-state index contributed by atoms with van der Waals surface area (Å²) >= 11 is 3.31. The molecule has 0 saturated carbocycles. The molecule has 112 valence electrons. The molecule has 0 radical (unpaired) electrons. The van der Waals surface area contributed by atoms with Gasteiger partial charge in [0.1, 0.15) is 11.9 Å². The number of methoxy groups -OCH3 is 1. The van der Waals surface area contributed by atoms with Crippen LogP contribution in [-0.4, -0.2) is 13.2 Å². The predicted octanol–water partition coefficient (Wildman–Crippen LogP) is 4.06. The van der Waals surface area contributed by atoms with Gasteiger partial charge in [-0.25, -0.2) is 4.39 Å². The van der Waals surface area contributed by atoms with Crippen LogP contribution in [0.15, 0.2) is 46.9 Å². The fourth-order valence-corrected chi connectivity index (χ4v) is 2.40. The van der Waals surface area contributed by atoms with Gasteiger partial charge in [0.15, 0.2) is 11.6 Å². The molecule has 2 rings (SSSR count). The van der Waals surface area contributed by atoms with E-state index in [-0.39, 0.29) is 11.8 Å². The maximum Gasteiger partial charge on any atom is 0.165 e. The Morgan fingerprint density at radius 2 is 1.86 bits per heavy atom. The van der Waals surface area contributed by atoms with Crippen LogP contribution in [0.2, 0.25) is 0 Å². The zero-order chi connectivity index (χ0) is 15.4. The Morgan fingerprint density at radius 3 is 2.52 bits per heavy atom. The minimum Gasteiger partial charge on any atom is -0.496 e. The molecular weight excluding hydrogens is 337 g/mol. The molecule has 0 aliphatic rings. The summed E-state index contributed by atoms with van der Waals surface area (Å²) in [5.74, 6) is 0.381. The quantitative estimate of drug-likeness (QED) is 0.881. The highest BCUT2D eigenvalue weighted by atomic mass is 79.9. The van der Waals surface area contributed by atoms with Crippen LogP contribution < -0.4 is 15.2 Å². The van der Waals surface area contributed by atoms with Gasteiger partial charge in [-0.1, -0.05) is 34.1 Å². The predicted molar refractivity (Wildman–Crippen MR) is 84.1 cm³/mol. The molecule has 0 amide bonds. The SMILES string of the molecule is COc1ccccc1C(Oc1cc(Br)ccc1F)C(C)N. The molecule has 2 unspecified atom stereocenters. The second-order valence-corrected chi connectivity index (χ2v) is 5.63. The van der Waals surface area contributed by atoms with Crippen LogP contribution in [0.25, 0.3) is 0 Å². The van der Waals surface area contributed by atoms with Gasteiger partial charge in [-0.05, 0) is 31.2 Å². The van der Waals surface area contributed by atoms with Gasteiger partial charge in [0.05, 0.1) is 7.11 Å². The van der Waals surface area contributed by atoms with Gasteiger partial charge < -0.3 is 15.2 Å². The average molecular weight is 354 g/mol. The van der Waals surface area contributed by atoms with Crippen molar-refractivity contribution in [3.63, 3.8) is 0 Å². The molecule has 0 saturated heterocycles. The first kappa shape index (κ1) is 15.8. The van der Waals surface area contributed by atoms with Crippen LogP contribution in [0.4, 0.5) is 4.39 Å². The van der Waals surface area contributed by atoms with E-state index in [9.17, 15) is 4.39 Å². The van der Waals surface area contributed by atoms with Crippen molar-refractivity contribution < 1.29 is 13.9 Å².